The molecule has 0 spiro atoms. The number of rotatable bonds is 3. The number of aromatic nitrogens is 1. The number of nitrogens with zero attached hydrogens (tertiary/aromatic N) is 1. The lowest BCUT2D eigenvalue weighted by Gasteiger charge is -2.10. The first-order chi connectivity index (χ1) is 10.6. The number of hydrogen-bond acceptors (Lipinski definition) is 2. The number of carbonyl (C=O) groups excluding carboxylic acids is 1. The van der Waals surface area contributed by atoms with E-state index in [1.165, 1.54) is 5.56 Å². The fraction of sp³-hybridized carbons (Fsp3) is 0.158. The topological polar surface area (TPSA) is 42.0 Å². The van der Waals surface area contributed by atoms with Crippen molar-refractivity contribution in [2.45, 2.75) is 19.8 Å². The molecule has 1 amide bonds. The maximum absolute atomic E-state index is 12.6. The first-order valence-electron chi connectivity index (χ1n) is 7.40. The van der Waals surface area contributed by atoms with E-state index in [2.05, 4.69) is 30.2 Å². The van der Waals surface area contributed by atoms with Crippen LogP contribution in [0.15, 0.2) is 60.8 Å². The Hall–Kier alpha value is -2.68. The van der Waals surface area contributed by atoms with Crippen LogP contribution in [0.5, 0.6) is 0 Å². The molecule has 0 aliphatic heterocycles. The van der Waals surface area contributed by atoms with Crippen molar-refractivity contribution in [3.63, 3.8) is 0 Å². The molecule has 0 aliphatic carbocycles. The first-order valence-corrected chi connectivity index (χ1v) is 7.40. The number of benzene rings is 2. The van der Waals surface area contributed by atoms with Crippen LogP contribution in [-0.2, 0) is 0 Å². The second-order valence-electron chi connectivity index (χ2n) is 5.61. The van der Waals surface area contributed by atoms with Crippen molar-refractivity contribution in [2.24, 2.45) is 0 Å². The molecule has 110 valence electrons. The molecule has 1 heterocycles. The fourth-order valence-electron chi connectivity index (χ4n) is 2.48. The molecule has 0 unspecified atom stereocenters. The van der Waals surface area contributed by atoms with Gasteiger partial charge in [0, 0.05) is 22.8 Å². The van der Waals surface area contributed by atoms with Gasteiger partial charge in [0.05, 0.1) is 5.52 Å². The van der Waals surface area contributed by atoms with E-state index in [4.69, 9.17) is 0 Å². The minimum Gasteiger partial charge on any atom is -0.322 e. The van der Waals surface area contributed by atoms with Crippen molar-refractivity contribution < 1.29 is 4.79 Å². The number of hydrogen-bond donors (Lipinski definition) is 1. The summed E-state index contributed by atoms with van der Waals surface area (Å²) in [6, 6.07) is 17.3. The Bertz CT molecular complexity index is 819. The molecule has 0 saturated heterocycles. The van der Waals surface area contributed by atoms with Gasteiger partial charge in [-0.1, -0.05) is 38.1 Å². The fourth-order valence-corrected chi connectivity index (χ4v) is 2.48. The Kier molecular flexibility index (Phi) is 3.88. The number of nitrogens with one attached hydrogen (secondary N) is 1. The molecular formula is C19H18N2O. The molecule has 3 rings (SSSR count). The normalized spacial score (nSPS) is 10.9. The summed E-state index contributed by atoms with van der Waals surface area (Å²) in [5.74, 6) is 0.318. The summed E-state index contributed by atoms with van der Waals surface area (Å²) in [7, 11) is 0. The molecule has 0 aliphatic rings. The molecule has 0 fully saturated rings. The van der Waals surface area contributed by atoms with Crippen molar-refractivity contribution in [1.29, 1.82) is 0 Å². The molecule has 3 nitrogen and oxygen atoms in total. The van der Waals surface area contributed by atoms with E-state index in [1.807, 2.05) is 48.5 Å². The Labute approximate surface area is 130 Å². The first kappa shape index (κ1) is 14.3. The number of amides is 1. The average Bonchev–Trinajstić information content (AvgIpc) is 2.54. The molecule has 2 aromatic carbocycles. The summed E-state index contributed by atoms with van der Waals surface area (Å²) in [6.45, 7) is 4.27. The third-order valence-electron chi connectivity index (χ3n) is 3.70. The zero-order chi connectivity index (χ0) is 15.5. The smallest absolute Gasteiger partial charge is 0.256 e. The molecule has 3 heteroatoms. The van der Waals surface area contributed by atoms with Crippen LogP contribution in [0.3, 0.4) is 0 Å². The van der Waals surface area contributed by atoms with E-state index in [0.29, 0.717) is 11.5 Å². The maximum atomic E-state index is 12.6. The Morgan fingerprint density at radius 1 is 1.05 bits per heavy atom. The third kappa shape index (κ3) is 2.84. The molecule has 1 N–H and O–H groups in total. The number of carbonyl (C=O) groups is 1. The Morgan fingerprint density at radius 2 is 1.86 bits per heavy atom. The van der Waals surface area contributed by atoms with E-state index >= 15 is 0 Å². The van der Waals surface area contributed by atoms with Gasteiger partial charge in [-0.05, 0) is 41.8 Å². The minimum absolute atomic E-state index is 0.112. The van der Waals surface area contributed by atoms with Crippen LogP contribution in [0.4, 0.5) is 5.69 Å². The van der Waals surface area contributed by atoms with E-state index < -0.39 is 0 Å². The van der Waals surface area contributed by atoms with Crippen LogP contribution < -0.4 is 5.32 Å². The summed E-state index contributed by atoms with van der Waals surface area (Å²) < 4.78 is 0. The van der Waals surface area contributed by atoms with Crippen LogP contribution in [0, 0.1) is 0 Å². The summed E-state index contributed by atoms with van der Waals surface area (Å²) in [4.78, 5) is 16.9. The lowest BCUT2D eigenvalue weighted by atomic mass is 10.0. The van der Waals surface area contributed by atoms with Crippen molar-refractivity contribution in [1.82, 2.24) is 4.98 Å². The second kappa shape index (κ2) is 5.98. The van der Waals surface area contributed by atoms with E-state index in [1.54, 1.807) is 6.20 Å². The number of fused-ring (bicyclic) bond motifs is 1. The summed E-state index contributed by atoms with van der Waals surface area (Å²) >= 11 is 0. The maximum Gasteiger partial charge on any atom is 0.256 e. The highest BCUT2D eigenvalue weighted by atomic mass is 16.1. The van der Waals surface area contributed by atoms with Gasteiger partial charge in [-0.15, -0.1) is 0 Å². The highest BCUT2D eigenvalue weighted by Crippen LogP contribution is 2.21. The molecule has 3 aromatic rings. The van der Waals surface area contributed by atoms with Crippen LogP contribution in [-0.4, -0.2) is 10.9 Å². The predicted octanol–water partition coefficient (Wildman–Crippen LogP) is 4.61. The Balaban J connectivity index is 1.92. The zero-order valence-electron chi connectivity index (χ0n) is 12.7. The van der Waals surface area contributed by atoms with Crippen LogP contribution in [0.1, 0.15) is 35.7 Å². The Morgan fingerprint density at radius 3 is 2.68 bits per heavy atom. The highest BCUT2D eigenvalue weighted by Gasteiger charge is 2.11. The predicted molar refractivity (Wildman–Crippen MR) is 90.2 cm³/mol. The van der Waals surface area contributed by atoms with Gasteiger partial charge in [-0.2, -0.15) is 0 Å². The lowest BCUT2D eigenvalue weighted by Crippen LogP contribution is -2.12. The zero-order valence-corrected chi connectivity index (χ0v) is 12.7. The van der Waals surface area contributed by atoms with Crippen molar-refractivity contribution in [3.8, 4) is 0 Å². The number of anilines is 1. The molecule has 0 atom stereocenters. The average molecular weight is 290 g/mol. The summed E-state index contributed by atoms with van der Waals surface area (Å²) in [6.07, 6.45) is 1.73. The van der Waals surface area contributed by atoms with Gasteiger partial charge in [0.15, 0.2) is 0 Å². The van der Waals surface area contributed by atoms with Gasteiger partial charge in [0.2, 0.25) is 0 Å². The highest BCUT2D eigenvalue weighted by molar-refractivity contribution is 6.12. The quantitative estimate of drug-likeness (QED) is 0.765. The van der Waals surface area contributed by atoms with Crippen molar-refractivity contribution in [2.75, 3.05) is 5.32 Å². The monoisotopic (exact) mass is 290 g/mol. The van der Waals surface area contributed by atoms with Crippen LogP contribution in [0.2, 0.25) is 0 Å². The van der Waals surface area contributed by atoms with Gasteiger partial charge in [0.25, 0.3) is 5.91 Å². The molecule has 22 heavy (non-hydrogen) atoms. The minimum atomic E-state index is -0.112. The van der Waals surface area contributed by atoms with E-state index in [0.717, 1.165) is 16.6 Å². The SMILES string of the molecule is CC(C)c1cccc(NC(=O)c2cccc3ncccc23)c1. The van der Waals surface area contributed by atoms with Crippen LogP contribution >= 0.6 is 0 Å². The van der Waals surface area contributed by atoms with Crippen molar-refractivity contribution >= 4 is 22.5 Å². The van der Waals surface area contributed by atoms with Crippen LogP contribution in [0.25, 0.3) is 10.9 Å². The van der Waals surface area contributed by atoms with Gasteiger partial charge >= 0.3 is 0 Å². The molecule has 0 saturated carbocycles. The standard InChI is InChI=1S/C19H18N2O/c1-13(2)14-6-3-7-15(12-14)21-19(22)17-8-4-10-18-16(17)9-5-11-20-18/h3-13H,1-2H3,(H,21,22). The van der Waals surface area contributed by atoms with Gasteiger partial charge in [0.1, 0.15) is 0 Å². The lowest BCUT2D eigenvalue weighted by molar-refractivity contribution is 0.102. The summed E-state index contributed by atoms with van der Waals surface area (Å²) in [5, 5.41) is 3.84. The van der Waals surface area contributed by atoms with Gasteiger partial charge in [-0.3, -0.25) is 9.78 Å². The van der Waals surface area contributed by atoms with Crippen molar-refractivity contribution in [3.05, 3.63) is 71.9 Å². The van der Waals surface area contributed by atoms with E-state index in [-0.39, 0.29) is 5.91 Å². The molecule has 0 bridgehead atoms. The number of pyridine rings is 1. The molecule has 0 radical (unpaired) electrons. The van der Waals surface area contributed by atoms with E-state index in [9.17, 15) is 4.79 Å². The molecular weight excluding hydrogens is 272 g/mol. The second-order valence-corrected chi connectivity index (χ2v) is 5.61. The molecule has 1 aromatic heterocycles. The van der Waals surface area contributed by atoms with Gasteiger partial charge < -0.3 is 5.32 Å². The third-order valence-corrected chi connectivity index (χ3v) is 3.70. The largest absolute Gasteiger partial charge is 0.322 e. The summed E-state index contributed by atoms with van der Waals surface area (Å²) in [5.41, 5.74) is 3.49. The van der Waals surface area contributed by atoms with Gasteiger partial charge in [-0.25, -0.2) is 0 Å².